The van der Waals surface area contributed by atoms with Crippen LogP contribution in [0.1, 0.15) is 22.3 Å². The molecule has 0 aromatic heterocycles. The van der Waals surface area contributed by atoms with Gasteiger partial charge in [0.25, 0.3) is 15.9 Å². The van der Waals surface area contributed by atoms with E-state index in [0.717, 1.165) is 23.3 Å². The van der Waals surface area contributed by atoms with Crippen molar-refractivity contribution in [3.63, 3.8) is 0 Å². The molecular weight excluding hydrogens is 467 g/mol. The summed E-state index contributed by atoms with van der Waals surface area (Å²) in [7, 11) is -4.36. The number of amides is 1. The van der Waals surface area contributed by atoms with Crippen LogP contribution < -0.4 is 9.73 Å². The monoisotopic (exact) mass is 489 g/mol. The maximum Gasteiger partial charge on any atom is 0.416 e. The average molecular weight is 490 g/mol. The van der Waals surface area contributed by atoms with Crippen LogP contribution in [0.15, 0.2) is 82.8 Å². The van der Waals surface area contributed by atoms with Crippen molar-refractivity contribution in [2.45, 2.75) is 24.9 Å². The number of carbonyl (C=O) groups excluding carboxylic acids is 1. The van der Waals surface area contributed by atoms with Crippen molar-refractivity contribution in [2.75, 3.05) is 10.8 Å². The van der Waals surface area contributed by atoms with E-state index < -0.39 is 34.2 Å². The normalized spacial score (nSPS) is 12.0. The molecule has 3 rings (SSSR count). The summed E-state index contributed by atoms with van der Waals surface area (Å²) < 4.78 is 66.9. The van der Waals surface area contributed by atoms with Gasteiger partial charge in [0.05, 0.1) is 22.4 Å². The highest BCUT2D eigenvalue weighted by Crippen LogP contribution is 2.33. The van der Waals surface area contributed by atoms with Gasteiger partial charge in [0, 0.05) is 0 Å². The molecule has 3 aromatic rings. The van der Waals surface area contributed by atoms with Gasteiger partial charge in [-0.1, -0.05) is 53.6 Å². The lowest BCUT2D eigenvalue weighted by Gasteiger charge is -2.24. The molecule has 0 bridgehead atoms. The second-order valence-electron chi connectivity index (χ2n) is 7.58. The lowest BCUT2D eigenvalue weighted by molar-refractivity contribution is -0.137. The number of alkyl halides is 3. The van der Waals surface area contributed by atoms with E-state index in [0.29, 0.717) is 15.9 Å². The number of halogens is 3. The molecule has 0 saturated heterocycles. The molecule has 0 aliphatic rings. The van der Waals surface area contributed by atoms with E-state index in [9.17, 15) is 26.4 Å². The van der Waals surface area contributed by atoms with Crippen LogP contribution >= 0.6 is 0 Å². The molecular formula is C24H22F3N3O3S. The van der Waals surface area contributed by atoms with Crippen molar-refractivity contribution in [1.82, 2.24) is 5.43 Å². The third-order valence-electron chi connectivity index (χ3n) is 4.84. The van der Waals surface area contributed by atoms with E-state index in [1.165, 1.54) is 24.4 Å². The molecule has 6 nitrogen and oxygen atoms in total. The number of sulfonamides is 1. The molecule has 0 radical (unpaired) electrons. The molecule has 10 heteroatoms. The van der Waals surface area contributed by atoms with E-state index in [1.807, 2.05) is 19.1 Å². The van der Waals surface area contributed by atoms with Crippen molar-refractivity contribution in [2.24, 2.45) is 5.10 Å². The predicted molar refractivity (Wildman–Crippen MR) is 124 cm³/mol. The molecule has 3 aromatic carbocycles. The van der Waals surface area contributed by atoms with Crippen LogP contribution in [-0.2, 0) is 21.0 Å². The van der Waals surface area contributed by atoms with Gasteiger partial charge in [0.1, 0.15) is 6.54 Å². The van der Waals surface area contributed by atoms with Crippen molar-refractivity contribution >= 4 is 27.8 Å². The number of rotatable bonds is 7. The summed E-state index contributed by atoms with van der Waals surface area (Å²) in [5.41, 5.74) is 3.43. The van der Waals surface area contributed by atoms with Gasteiger partial charge in [-0.3, -0.25) is 9.10 Å². The van der Waals surface area contributed by atoms with Gasteiger partial charge in [0.2, 0.25) is 0 Å². The molecule has 0 fully saturated rings. The first-order chi connectivity index (χ1) is 16.0. The Bertz CT molecular complexity index is 1290. The summed E-state index contributed by atoms with van der Waals surface area (Å²) in [4.78, 5) is 12.4. The molecule has 0 saturated carbocycles. The fourth-order valence-electron chi connectivity index (χ4n) is 2.99. The summed E-state index contributed by atoms with van der Waals surface area (Å²) in [5.74, 6) is -0.823. The van der Waals surface area contributed by atoms with Gasteiger partial charge < -0.3 is 0 Å². The molecule has 0 atom stereocenters. The highest BCUT2D eigenvalue weighted by Gasteiger charge is 2.33. The number of benzene rings is 3. The lowest BCUT2D eigenvalue weighted by atomic mass is 10.2. The zero-order chi connectivity index (χ0) is 24.9. The van der Waals surface area contributed by atoms with Crippen LogP contribution in [0.25, 0.3) is 0 Å². The fourth-order valence-corrected chi connectivity index (χ4v) is 4.40. The van der Waals surface area contributed by atoms with E-state index >= 15 is 0 Å². The van der Waals surface area contributed by atoms with Gasteiger partial charge in [0.15, 0.2) is 0 Å². The smallest absolute Gasteiger partial charge is 0.271 e. The molecule has 0 spiro atoms. The lowest BCUT2D eigenvalue weighted by Crippen LogP contribution is -2.39. The van der Waals surface area contributed by atoms with E-state index in [4.69, 9.17) is 0 Å². The maximum absolute atomic E-state index is 13.3. The Balaban J connectivity index is 1.91. The third-order valence-corrected chi connectivity index (χ3v) is 6.63. The summed E-state index contributed by atoms with van der Waals surface area (Å²) in [6.07, 6.45) is -3.31. The minimum atomic E-state index is -4.68. The predicted octanol–water partition coefficient (Wildman–Crippen LogP) is 4.67. The van der Waals surface area contributed by atoms with Crippen molar-refractivity contribution < 1.29 is 26.4 Å². The quantitative estimate of drug-likeness (QED) is 0.387. The molecule has 1 amide bonds. The second kappa shape index (κ2) is 10.1. The van der Waals surface area contributed by atoms with Crippen molar-refractivity contribution in [1.29, 1.82) is 0 Å². The number of nitrogens with one attached hydrogen (secondary N) is 1. The molecule has 0 aliphatic heterocycles. The highest BCUT2D eigenvalue weighted by molar-refractivity contribution is 7.92. The van der Waals surface area contributed by atoms with E-state index in [2.05, 4.69) is 10.5 Å². The van der Waals surface area contributed by atoms with Gasteiger partial charge in [-0.2, -0.15) is 18.3 Å². The highest BCUT2D eigenvalue weighted by atomic mass is 32.2. The zero-order valence-electron chi connectivity index (χ0n) is 18.4. The number of aryl methyl sites for hydroxylation is 2. The van der Waals surface area contributed by atoms with Crippen LogP contribution in [-0.4, -0.2) is 27.1 Å². The Morgan fingerprint density at radius 3 is 2.15 bits per heavy atom. The maximum atomic E-state index is 13.3. The van der Waals surface area contributed by atoms with Crippen LogP contribution in [0.4, 0.5) is 18.9 Å². The Kier molecular flexibility index (Phi) is 7.41. The van der Waals surface area contributed by atoms with Gasteiger partial charge >= 0.3 is 6.18 Å². The van der Waals surface area contributed by atoms with Crippen molar-refractivity contribution in [3.8, 4) is 0 Å². The fraction of sp³-hybridized carbons (Fsp3) is 0.167. The van der Waals surface area contributed by atoms with E-state index in [-0.39, 0.29) is 10.6 Å². The Morgan fingerprint density at radius 1 is 0.971 bits per heavy atom. The molecule has 0 aliphatic carbocycles. The average Bonchev–Trinajstić information content (AvgIpc) is 2.78. The Labute approximate surface area is 195 Å². The summed E-state index contributed by atoms with van der Waals surface area (Å²) in [6, 6.07) is 16.8. The number of nitrogens with zero attached hydrogens (tertiary/aromatic N) is 2. The minimum absolute atomic E-state index is 0.161. The molecule has 178 valence electrons. The Morgan fingerprint density at radius 2 is 1.56 bits per heavy atom. The van der Waals surface area contributed by atoms with Crippen LogP contribution in [0.3, 0.4) is 0 Å². The summed E-state index contributed by atoms with van der Waals surface area (Å²) >= 11 is 0. The number of hydrogen-bond donors (Lipinski definition) is 1. The Hall–Kier alpha value is -3.66. The van der Waals surface area contributed by atoms with Crippen molar-refractivity contribution in [3.05, 3.63) is 95.1 Å². The van der Waals surface area contributed by atoms with Gasteiger partial charge in [-0.25, -0.2) is 13.8 Å². The molecule has 1 N–H and O–H groups in total. The zero-order valence-corrected chi connectivity index (χ0v) is 19.2. The number of carbonyl (C=O) groups is 1. The molecule has 0 unspecified atom stereocenters. The number of hydrogen-bond acceptors (Lipinski definition) is 4. The number of anilines is 1. The summed E-state index contributed by atoms with van der Waals surface area (Å²) in [6.45, 7) is 2.91. The first kappa shape index (κ1) is 25.0. The standard InChI is InChI=1S/C24H22F3N3O3S/c1-17-6-10-19(11-7-17)15-28-29-23(31)16-30(21-5-3-4-20(14-21)24(25,26)27)34(32,33)22-12-8-18(2)9-13-22/h3-15H,16H2,1-2H3,(H,29,31)/b28-15-. The summed E-state index contributed by atoms with van der Waals surface area (Å²) in [5, 5.41) is 3.82. The first-order valence-electron chi connectivity index (χ1n) is 10.1. The third kappa shape index (κ3) is 6.22. The molecule has 0 heterocycles. The second-order valence-corrected chi connectivity index (χ2v) is 9.44. The number of hydrazone groups is 1. The van der Waals surface area contributed by atoms with E-state index in [1.54, 1.807) is 31.2 Å². The largest absolute Gasteiger partial charge is 0.416 e. The SMILES string of the molecule is Cc1ccc(/C=N\NC(=O)CN(c2cccc(C(F)(F)F)c2)S(=O)(=O)c2ccc(C)cc2)cc1. The van der Waals surface area contributed by atoms with Crippen LogP contribution in [0, 0.1) is 13.8 Å². The van der Waals surface area contributed by atoms with Crippen LogP contribution in [0.5, 0.6) is 0 Å². The van der Waals surface area contributed by atoms with Crippen LogP contribution in [0.2, 0.25) is 0 Å². The molecule has 34 heavy (non-hydrogen) atoms. The topological polar surface area (TPSA) is 78.8 Å². The minimum Gasteiger partial charge on any atom is -0.271 e. The first-order valence-corrected chi connectivity index (χ1v) is 11.6. The van der Waals surface area contributed by atoms with Gasteiger partial charge in [-0.05, 0) is 49.7 Å². The van der Waals surface area contributed by atoms with Gasteiger partial charge in [-0.15, -0.1) is 0 Å².